The van der Waals surface area contributed by atoms with Gasteiger partial charge in [0.15, 0.2) is 0 Å². The highest BCUT2D eigenvalue weighted by Crippen LogP contribution is 2.23. The van der Waals surface area contributed by atoms with Gasteiger partial charge in [-0.1, -0.05) is 19.8 Å². The number of aryl methyl sites for hydroxylation is 2. The zero-order valence-electron chi connectivity index (χ0n) is 13.8. The zero-order chi connectivity index (χ0) is 15.4. The molecule has 2 aliphatic rings. The lowest BCUT2D eigenvalue weighted by atomic mass is 9.87. The van der Waals surface area contributed by atoms with Gasteiger partial charge in [-0.15, -0.1) is 0 Å². The van der Waals surface area contributed by atoms with Crippen LogP contribution in [0, 0.1) is 5.92 Å². The standard InChI is InChI=1S/C18H29N3O/c1-14-8-10-16(11-9-14)19-18(22)13-21-12-15-6-4-2-3-5-7-17(15)20-21/h12,14,16H,2-11,13H2,1H3,(H,19,22). The van der Waals surface area contributed by atoms with Gasteiger partial charge >= 0.3 is 0 Å². The highest BCUT2D eigenvalue weighted by molar-refractivity contribution is 5.76. The van der Waals surface area contributed by atoms with Crippen molar-refractivity contribution < 1.29 is 4.79 Å². The van der Waals surface area contributed by atoms with Gasteiger partial charge in [0.1, 0.15) is 6.54 Å². The number of aromatic nitrogens is 2. The molecule has 1 amide bonds. The largest absolute Gasteiger partial charge is 0.352 e. The van der Waals surface area contributed by atoms with Crippen LogP contribution in [-0.2, 0) is 24.2 Å². The van der Waals surface area contributed by atoms with Crippen LogP contribution in [0.2, 0.25) is 0 Å². The molecular formula is C18H29N3O. The molecule has 4 heteroatoms. The summed E-state index contributed by atoms with van der Waals surface area (Å²) < 4.78 is 1.86. The van der Waals surface area contributed by atoms with Crippen LogP contribution in [0.1, 0.15) is 69.5 Å². The SMILES string of the molecule is CC1CCC(NC(=O)Cn2cc3c(n2)CCCCCC3)CC1. The lowest BCUT2D eigenvalue weighted by Gasteiger charge is -2.26. The second-order valence-electron chi connectivity index (χ2n) is 7.24. The van der Waals surface area contributed by atoms with E-state index in [4.69, 9.17) is 0 Å². The van der Waals surface area contributed by atoms with Gasteiger partial charge in [0, 0.05) is 12.2 Å². The van der Waals surface area contributed by atoms with E-state index in [-0.39, 0.29) is 5.91 Å². The summed E-state index contributed by atoms with van der Waals surface area (Å²) in [4.78, 5) is 12.2. The topological polar surface area (TPSA) is 46.9 Å². The van der Waals surface area contributed by atoms with Gasteiger partial charge in [0.05, 0.1) is 5.69 Å². The summed E-state index contributed by atoms with van der Waals surface area (Å²) in [7, 11) is 0. The summed E-state index contributed by atoms with van der Waals surface area (Å²) in [5.41, 5.74) is 2.58. The van der Waals surface area contributed by atoms with E-state index in [1.54, 1.807) is 0 Å². The minimum Gasteiger partial charge on any atom is -0.352 e. The van der Waals surface area contributed by atoms with E-state index in [0.717, 1.165) is 31.6 Å². The van der Waals surface area contributed by atoms with Crippen LogP contribution in [0.3, 0.4) is 0 Å². The van der Waals surface area contributed by atoms with Crippen LogP contribution in [0.25, 0.3) is 0 Å². The molecule has 0 atom stereocenters. The number of fused-ring (bicyclic) bond motifs is 1. The highest BCUT2D eigenvalue weighted by Gasteiger charge is 2.20. The van der Waals surface area contributed by atoms with Crippen molar-refractivity contribution in [1.29, 1.82) is 0 Å². The fraction of sp³-hybridized carbons (Fsp3) is 0.778. The van der Waals surface area contributed by atoms with E-state index < -0.39 is 0 Å². The van der Waals surface area contributed by atoms with Crippen LogP contribution in [-0.4, -0.2) is 21.7 Å². The highest BCUT2D eigenvalue weighted by atomic mass is 16.2. The molecule has 122 valence electrons. The molecule has 0 saturated heterocycles. The Balaban J connectivity index is 1.54. The normalized spacial score (nSPS) is 25.9. The first-order valence-electron chi connectivity index (χ1n) is 9.05. The first-order chi connectivity index (χ1) is 10.7. The minimum atomic E-state index is 0.120. The summed E-state index contributed by atoms with van der Waals surface area (Å²) in [6, 6.07) is 0.375. The minimum absolute atomic E-state index is 0.120. The monoisotopic (exact) mass is 303 g/mol. The van der Waals surface area contributed by atoms with E-state index in [1.165, 1.54) is 49.8 Å². The second-order valence-corrected chi connectivity index (χ2v) is 7.24. The van der Waals surface area contributed by atoms with Gasteiger partial charge in [-0.05, 0) is 62.8 Å². The summed E-state index contributed by atoms with van der Waals surface area (Å²) in [6.07, 6.45) is 14.2. The zero-order valence-corrected chi connectivity index (χ0v) is 13.8. The van der Waals surface area contributed by atoms with Gasteiger partial charge in [0.25, 0.3) is 0 Å². The fourth-order valence-corrected chi connectivity index (χ4v) is 3.79. The number of hydrogen-bond acceptors (Lipinski definition) is 2. The Bertz CT molecular complexity index is 475. The van der Waals surface area contributed by atoms with Gasteiger partial charge in [0.2, 0.25) is 5.91 Å². The van der Waals surface area contributed by atoms with E-state index in [9.17, 15) is 4.79 Å². The molecule has 1 saturated carbocycles. The molecule has 2 aliphatic carbocycles. The van der Waals surface area contributed by atoms with E-state index in [0.29, 0.717) is 12.6 Å². The molecule has 4 nitrogen and oxygen atoms in total. The molecule has 1 aromatic heterocycles. The average molecular weight is 303 g/mol. The van der Waals surface area contributed by atoms with Crippen LogP contribution in [0.15, 0.2) is 6.20 Å². The Morgan fingerprint density at radius 1 is 1.18 bits per heavy atom. The Hall–Kier alpha value is -1.32. The van der Waals surface area contributed by atoms with Gasteiger partial charge in [-0.2, -0.15) is 5.10 Å². The Morgan fingerprint density at radius 2 is 1.91 bits per heavy atom. The molecule has 3 rings (SSSR count). The summed E-state index contributed by atoms with van der Waals surface area (Å²) in [5.74, 6) is 0.939. The molecule has 1 heterocycles. The number of nitrogens with zero attached hydrogens (tertiary/aromatic N) is 2. The van der Waals surface area contributed by atoms with Crippen molar-refractivity contribution in [2.45, 2.75) is 83.7 Å². The molecular weight excluding hydrogens is 274 g/mol. The second kappa shape index (κ2) is 7.30. The third kappa shape index (κ3) is 4.11. The third-order valence-corrected chi connectivity index (χ3v) is 5.22. The lowest BCUT2D eigenvalue weighted by molar-refractivity contribution is -0.122. The van der Waals surface area contributed by atoms with Crippen LogP contribution >= 0.6 is 0 Å². The van der Waals surface area contributed by atoms with Crippen molar-refractivity contribution >= 4 is 5.91 Å². The molecule has 1 fully saturated rings. The molecule has 0 unspecified atom stereocenters. The van der Waals surface area contributed by atoms with Crippen LogP contribution in [0.5, 0.6) is 0 Å². The van der Waals surface area contributed by atoms with Crippen molar-refractivity contribution in [3.05, 3.63) is 17.5 Å². The maximum absolute atomic E-state index is 12.2. The number of carbonyl (C=O) groups is 1. The van der Waals surface area contributed by atoms with E-state index >= 15 is 0 Å². The van der Waals surface area contributed by atoms with Crippen molar-refractivity contribution in [2.24, 2.45) is 5.92 Å². The molecule has 22 heavy (non-hydrogen) atoms. The van der Waals surface area contributed by atoms with Crippen molar-refractivity contribution in [3.8, 4) is 0 Å². The summed E-state index contributed by atoms with van der Waals surface area (Å²) in [5, 5.41) is 7.85. The van der Waals surface area contributed by atoms with Crippen molar-refractivity contribution in [2.75, 3.05) is 0 Å². The maximum Gasteiger partial charge on any atom is 0.241 e. The molecule has 0 aromatic carbocycles. The number of hydrogen-bond donors (Lipinski definition) is 1. The van der Waals surface area contributed by atoms with Crippen LogP contribution in [0.4, 0.5) is 0 Å². The first kappa shape index (κ1) is 15.6. The smallest absolute Gasteiger partial charge is 0.241 e. The van der Waals surface area contributed by atoms with Gasteiger partial charge in [-0.25, -0.2) is 0 Å². The predicted octanol–water partition coefficient (Wildman–Crippen LogP) is 3.24. The summed E-state index contributed by atoms with van der Waals surface area (Å²) >= 11 is 0. The fourth-order valence-electron chi connectivity index (χ4n) is 3.79. The Kier molecular flexibility index (Phi) is 5.16. The third-order valence-electron chi connectivity index (χ3n) is 5.22. The quantitative estimate of drug-likeness (QED) is 0.932. The number of rotatable bonds is 3. The lowest BCUT2D eigenvalue weighted by Crippen LogP contribution is -2.39. The number of amides is 1. The molecule has 1 N–H and O–H groups in total. The van der Waals surface area contributed by atoms with E-state index in [1.807, 2.05) is 4.68 Å². The van der Waals surface area contributed by atoms with Crippen LogP contribution < -0.4 is 5.32 Å². The first-order valence-corrected chi connectivity index (χ1v) is 9.05. The number of carbonyl (C=O) groups excluding carboxylic acids is 1. The molecule has 0 radical (unpaired) electrons. The predicted molar refractivity (Wildman–Crippen MR) is 87.7 cm³/mol. The van der Waals surface area contributed by atoms with Gasteiger partial charge in [-0.3, -0.25) is 9.48 Å². The number of nitrogens with one attached hydrogen (secondary N) is 1. The van der Waals surface area contributed by atoms with Crippen molar-refractivity contribution in [1.82, 2.24) is 15.1 Å². The Labute approximate surface area is 133 Å². The molecule has 1 aromatic rings. The maximum atomic E-state index is 12.2. The molecule has 0 bridgehead atoms. The van der Waals surface area contributed by atoms with E-state index in [2.05, 4.69) is 23.5 Å². The molecule has 0 aliphatic heterocycles. The Morgan fingerprint density at radius 3 is 2.68 bits per heavy atom. The van der Waals surface area contributed by atoms with Gasteiger partial charge < -0.3 is 5.32 Å². The van der Waals surface area contributed by atoms with Crippen molar-refractivity contribution in [3.63, 3.8) is 0 Å². The average Bonchev–Trinajstić information content (AvgIpc) is 2.82. The summed E-state index contributed by atoms with van der Waals surface area (Å²) in [6.45, 7) is 2.68. The molecule has 0 spiro atoms.